The van der Waals surface area contributed by atoms with Crippen LogP contribution >= 0.6 is 23.1 Å². The second-order valence-electron chi connectivity index (χ2n) is 6.75. The third kappa shape index (κ3) is 4.24. The normalized spacial score (nSPS) is 11.8. The van der Waals surface area contributed by atoms with E-state index >= 15 is 0 Å². The molecule has 4 aromatic rings. The topological polar surface area (TPSA) is 168 Å². The molecule has 15 heteroatoms. The second kappa shape index (κ2) is 8.88. The Kier molecular flexibility index (Phi) is 6.00. The standard InChI is InChI=1S/C17H19N11O2S2/c1-8-5-11(10(3)32-8)9(2)20-22-16(29)13-12(6-31-17-23-19-7-27(17)4)28(26-21-13)15-14(18)24-30-25-15/h5,7H,6H2,1-4H3,(H2,18,24)(H,22,29)/b20-9+. The van der Waals surface area contributed by atoms with Gasteiger partial charge in [-0.05, 0) is 37.2 Å². The van der Waals surface area contributed by atoms with Crippen LogP contribution in [0.3, 0.4) is 0 Å². The Bertz CT molecular complexity index is 1300. The number of nitrogens with zero attached hydrogens (tertiary/aromatic N) is 9. The first-order valence-corrected chi connectivity index (χ1v) is 11.1. The molecule has 0 aromatic carbocycles. The summed E-state index contributed by atoms with van der Waals surface area (Å²) >= 11 is 3.01. The van der Waals surface area contributed by atoms with Crippen LogP contribution in [-0.2, 0) is 12.8 Å². The summed E-state index contributed by atoms with van der Waals surface area (Å²) in [6.07, 6.45) is 1.58. The van der Waals surface area contributed by atoms with Gasteiger partial charge in [0.15, 0.2) is 10.9 Å². The van der Waals surface area contributed by atoms with Gasteiger partial charge in [0.05, 0.1) is 11.4 Å². The fourth-order valence-electron chi connectivity index (χ4n) is 2.89. The average Bonchev–Trinajstić information content (AvgIpc) is 3.52. The van der Waals surface area contributed by atoms with Crippen LogP contribution in [0.15, 0.2) is 27.3 Å². The van der Waals surface area contributed by atoms with Crippen molar-refractivity contribution in [1.82, 2.24) is 45.5 Å². The molecule has 0 aliphatic carbocycles. The minimum Gasteiger partial charge on any atom is -0.378 e. The fourth-order valence-corrected chi connectivity index (χ4v) is 4.75. The molecule has 0 aliphatic rings. The molecule has 0 atom stereocenters. The number of hydrogen-bond acceptors (Lipinski definition) is 12. The van der Waals surface area contributed by atoms with Crippen molar-refractivity contribution >= 4 is 40.5 Å². The van der Waals surface area contributed by atoms with Crippen molar-refractivity contribution < 1.29 is 9.42 Å². The van der Waals surface area contributed by atoms with Crippen molar-refractivity contribution in [2.24, 2.45) is 12.1 Å². The molecule has 3 N–H and O–H groups in total. The van der Waals surface area contributed by atoms with Crippen molar-refractivity contribution in [3.63, 3.8) is 0 Å². The lowest BCUT2D eigenvalue weighted by Crippen LogP contribution is -2.21. The molecule has 0 bridgehead atoms. The lowest BCUT2D eigenvalue weighted by Gasteiger charge is -2.06. The molecule has 166 valence electrons. The molecule has 0 spiro atoms. The monoisotopic (exact) mass is 473 g/mol. The van der Waals surface area contributed by atoms with Gasteiger partial charge < -0.3 is 10.3 Å². The fraction of sp³-hybridized carbons (Fsp3) is 0.294. The number of nitrogens with two attached hydrogens (primary N) is 1. The van der Waals surface area contributed by atoms with Gasteiger partial charge in [-0.15, -0.1) is 26.6 Å². The lowest BCUT2D eigenvalue weighted by molar-refractivity contribution is 0.0949. The van der Waals surface area contributed by atoms with E-state index in [-0.39, 0.29) is 23.1 Å². The number of aromatic nitrogens is 8. The number of rotatable bonds is 7. The summed E-state index contributed by atoms with van der Waals surface area (Å²) in [7, 11) is 1.82. The molecule has 0 radical (unpaired) electrons. The third-order valence-corrected chi connectivity index (χ3v) is 6.45. The number of carbonyl (C=O) groups excluding carboxylic acids is 1. The summed E-state index contributed by atoms with van der Waals surface area (Å²) in [5, 5.41) is 28.1. The number of carbonyl (C=O) groups is 1. The molecular weight excluding hydrogens is 454 g/mol. The summed E-state index contributed by atoms with van der Waals surface area (Å²) in [6, 6.07) is 2.03. The smallest absolute Gasteiger partial charge is 0.293 e. The van der Waals surface area contributed by atoms with E-state index in [1.807, 2.05) is 33.9 Å². The third-order valence-electron chi connectivity index (χ3n) is 4.44. The van der Waals surface area contributed by atoms with E-state index in [0.29, 0.717) is 16.6 Å². The molecule has 0 saturated heterocycles. The van der Waals surface area contributed by atoms with E-state index in [0.717, 1.165) is 10.4 Å². The highest BCUT2D eigenvalue weighted by atomic mass is 32.2. The van der Waals surface area contributed by atoms with Crippen molar-refractivity contribution in [2.75, 3.05) is 5.73 Å². The zero-order valence-corrected chi connectivity index (χ0v) is 19.2. The SMILES string of the molecule is C/C(=N\NC(=O)c1nnn(-c2nonc2N)c1CSc1nncn1C)c1cc(C)sc1C. The van der Waals surface area contributed by atoms with Gasteiger partial charge in [0.1, 0.15) is 6.33 Å². The van der Waals surface area contributed by atoms with Gasteiger partial charge in [0.25, 0.3) is 5.91 Å². The molecule has 0 fully saturated rings. The lowest BCUT2D eigenvalue weighted by atomic mass is 10.2. The van der Waals surface area contributed by atoms with Crippen LogP contribution in [0.25, 0.3) is 5.82 Å². The Morgan fingerprint density at radius 3 is 2.78 bits per heavy atom. The number of nitrogens with one attached hydrogen (secondary N) is 1. The van der Waals surface area contributed by atoms with Crippen molar-refractivity contribution in [1.29, 1.82) is 0 Å². The largest absolute Gasteiger partial charge is 0.378 e. The molecule has 32 heavy (non-hydrogen) atoms. The predicted molar refractivity (Wildman–Crippen MR) is 118 cm³/mol. The quantitative estimate of drug-likeness (QED) is 0.228. The Hall–Kier alpha value is -3.59. The maximum Gasteiger partial charge on any atom is 0.293 e. The van der Waals surface area contributed by atoms with Gasteiger partial charge in [0, 0.05) is 28.1 Å². The Morgan fingerprint density at radius 2 is 2.16 bits per heavy atom. The number of hydrogen-bond donors (Lipinski definition) is 2. The summed E-state index contributed by atoms with van der Waals surface area (Å²) in [6.45, 7) is 5.87. The van der Waals surface area contributed by atoms with Crippen LogP contribution in [0, 0.1) is 13.8 Å². The summed E-state index contributed by atoms with van der Waals surface area (Å²) in [5.74, 6) is -0.0953. The first kappa shape index (κ1) is 21.6. The van der Waals surface area contributed by atoms with Gasteiger partial charge in [-0.2, -0.15) is 9.78 Å². The highest BCUT2D eigenvalue weighted by Gasteiger charge is 2.24. The summed E-state index contributed by atoms with van der Waals surface area (Å²) < 4.78 is 7.73. The predicted octanol–water partition coefficient (Wildman–Crippen LogP) is 1.49. The van der Waals surface area contributed by atoms with Crippen molar-refractivity contribution in [3.05, 3.63) is 39.1 Å². The van der Waals surface area contributed by atoms with Crippen molar-refractivity contribution in [2.45, 2.75) is 31.7 Å². The number of hydrazone groups is 1. The van der Waals surface area contributed by atoms with E-state index in [4.69, 9.17) is 5.73 Å². The molecular formula is C17H19N11O2S2. The summed E-state index contributed by atoms with van der Waals surface area (Å²) in [4.78, 5) is 15.2. The number of nitrogen functional groups attached to an aromatic ring is 1. The van der Waals surface area contributed by atoms with Crippen LogP contribution in [0.1, 0.15) is 38.4 Å². The minimum absolute atomic E-state index is 0.0175. The molecule has 4 rings (SSSR count). The van der Waals surface area contributed by atoms with E-state index in [1.165, 1.54) is 21.3 Å². The van der Waals surface area contributed by atoms with Gasteiger partial charge >= 0.3 is 0 Å². The van der Waals surface area contributed by atoms with E-state index in [9.17, 15) is 4.79 Å². The second-order valence-corrected chi connectivity index (χ2v) is 9.15. The maximum absolute atomic E-state index is 12.9. The number of aryl methyl sites for hydroxylation is 3. The highest BCUT2D eigenvalue weighted by Crippen LogP contribution is 2.25. The number of amides is 1. The maximum atomic E-state index is 12.9. The van der Waals surface area contributed by atoms with E-state index in [1.54, 1.807) is 22.2 Å². The van der Waals surface area contributed by atoms with Gasteiger partial charge in [-0.1, -0.05) is 17.0 Å². The van der Waals surface area contributed by atoms with Gasteiger partial charge in [0.2, 0.25) is 11.6 Å². The minimum atomic E-state index is -0.524. The first-order chi connectivity index (χ1) is 15.3. The Balaban J connectivity index is 1.62. The molecule has 1 amide bonds. The van der Waals surface area contributed by atoms with Crippen LogP contribution in [0.4, 0.5) is 5.82 Å². The summed E-state index contributed by atoms with van der Waals surface area (Å²) in [5.41, 5.74) is 10.5. The number of thioether (sulfide) groups is 1. The van der Waals surface area contributed by atoms with E-state index < -0.39 is 5.91 Å². The highest BCUT2D eigenvalue weighted by molar-refractivity contribution is 7.98. The van der Waals surface area contributed by atoms with Crippen LogP contribution in [-0.4, -0.2) is 51.7 Å². The Morgan fingerprint density at radius 1 is 1.34 bits per heavy atom. The van der Waals surface area contributed by atoms with Gasteiger partial charge in [-0.3, -0.25) is 4.79 Å². The zero-order chi connectivity index (χ0) is 22.8. The van der Waals surface area contributed by atoms with Crippen LogP contribution in [0.2, 0.25) is 0 Å². The molecule has 13 nitrogen and oxygen atoms in total. The Labute approximate surface area is 190 Å². The molecule has 4 aromatic heterocycles. The zero-order valence-electron chi connectivity index (χ0n) is 17.6. The number of anilines is 1. The molecule has 4 heterocycles. The average molecular weight is 474 g/mol. The van der Waals surface area contributed by atoms with E-state index in [2.05, 4.69) is 46.0 Å². The molecule has 0 saturated carbocycles. The van der Waals surface area contributed by atoms with Gasteiger partial charge in [-0.25, -0.2) is 10.1 Å². The van der Waals surface area contributed by atoms with Crippen LogP contribution < -0.4 is 11.2 Å². The van der Waals surface area contributed by atoms with Crippen molar-refractivity contribution in [3.8, 4) is 5.82 Å². The molecule has 0 unspecified atom stereocenters. The van der Waals surface area contributed by atoms with Crippen LogP contribution in [0.5, 0.6) is 0 Å². The first-order valence-electron chi connectivity index (χ1n) is 9.27. The molecule has 0 aliphatic heterocycles. The number of thiophene rings is 1.